The fourth-order valence-corrected chi connectivity index (χ4v) is 4.00. The SMILES string of the molecule is CCOc1c(Cl)cc(C(=S)N2CCN(Cc3ccccc3)CC2)cc1Cl. The molecule has 0 N–H and O–H groups in total. The first kappa shape index (κ1) is 19.4. The molecule has 3 rings (SSSR count). The molecule has 1 aliphatic heterocycles. The predicted molar refractivity (Wildman–Crippen MR) is 113 cm³/mol. The number of hydrogen-bond donors (Lipinski definition) is 0. The van der Waals surface area contributed by atoms with Gasteiger partial charge in [0.25, 0.3) is 0 Å². The Hall–Kier alpha value is -1.33. The van der Waals surface area contributed by atoms with E-state index in [1.807, 2.05) is 25.1 Å². The van der Waals surface area contributed by atoms with Gasteiger partial charge in [0.2, 0.25) is 0 Å². The average molecular weight is 409 g/mol. The third-order valence-electron chi connectivity index (χ3n) is 4.44. The molecule has 0 bridgehead atoms. The summed E-state index contributed by atoms with van der Waals surface area (Å²) in [5, 5.41) is 0.999. The number of rotatable bonds is 5. The van der Waals surface area contributed by atoms with Crippen molar-refractivity contribution in [3.63, 3.8) is 0 Å². The van der Waals surface area contributed by atoms with Crippen molar-refractivity contribution in [1.29, 1.82) is 0 Å². The Morgan fingerprint density at radius 3 is 2.23 bits per heavy atom. The second kappa shape index (κ2) is 9.05. The topological polar surface area (TPSA) is 15.7 Å². The largest absolute Gasteiger partial charge is 0.491 e. The van der Waals surface area contributed by atoms with Gasteiger partial charge in [-0.15, -0.1) is 0 Å². The van der Waals surface area contributed by atoms with Crippen LogP contribution in [0.4, 0.5) is 0 Å². The highest BCUT2D eigenvalue weighted by molar-refractivity contribution is 7.80. The van der Waals surface area contributed by atoms with Gasteiger partial charge in [-0.05, 0) is 24.6 Å². The molecule has 1 saturated heterocycles. The zero-order valence-corrected chi connectivity index (χ0v) is 17.1. The van der Waals surface area contributed by atoms with E-state index >= 15 is 0 Å². The highest BCUT2D eigenvalue weighted by atomic mass is 35.5. The second-order valence-electron chi connectivity index (χ2n) is 6.26. The number of halogens is 2. The molecule has 2 aromatic carbocycles. The first-order valence-electron chi connectivity index (χ1n) is 8.76. The lowest BCUT2D eigenvalue weighted by Crippen LogP contribution is -2.48. The van der Waals surface area contributed by atoms with Crippen LogP contribution in [0.2, 0.25) is 10.0 Å². The van der Waals surface area contributed by atoms with Crippen molar-refractivity contribution in [2.75, 3.05) is 32.8 Å². The van der Waals surface area contributed by atoms with Crippen LogP contribution in [0, 0.1) is 0 Å². The Morgan fingerprint density at radius 2 is 1.65 bits per heavy atom. The Kier molecular flexibility index (Phi) is 6.76. The molecule has 1 aliphatic rings. The summed E-state index contributed by atoms with van der Waals surface area (Å²) in [7, 11) is 0. The molecule has 0 spiro atoms. The maximum atomic E-state index is 6.31. The van der Waals surface area contributed by atoms with Gasteiger partial charge in [0, 0.05) is 38.3 Å². The van der Waals surface area contributed by atoms with Gasteiger partial charge < -0.3 is 9.64 Å². The lowest BCUT2D eigenvalue weighted by molar-refractivity contribution is 0.177. The molecular weight excluding hydrogens is 387 g/mol. The molecule has 26 heavy (non-hydrogen) atoms. The van der Waals surface area contributed by atoms with Crippen molar-refractivity contribution in [2.24, 2.45) is 0 Å². The van der Waals surface area contributed by atoms with E-state index in [1.54, 1.807) is 0 Å². The van der Waals surface area contributed by atoms with Gasteiger partial charge in [0.05, 0.1) is 16.7 Å². The Morgan fingerprint density at radius 1 is 1.04 bits per heavy atom. The number of nitrogens with zero attached hydrogens (tertiary/aromatic N) is 2. The molecule has 1 heterocycles. The molecule has 0 amide bonds. The van der Waals surface area contributed by atoms with E-state index in [9.17, 15) is 0 Å². The standard InChI is InChI=1S/C20H22Cl2N2OS/c1-2-25-19-17(21)12-16(13-18(19)22)20(26)24-10-8-23(9-11-24)14-15-6-4-3-5-7-15/h3-7,12-13H,2,8-11,14H2,1H3. The predicted octanol–water partition coefficient (Wildman–Crippen LogP) is 4.89. The minimum Gasteiger partial charge on any atom is -0.491 e. The Balaban J connectivity index is 1.61. The first-order valence-corrected chi connectivity index (χ1v) is 9.92. The van der Waals surface area contributed by atoms with E-state index < -0.39 is 0 Å². The third kappa shape index (κ3) is 4.68. The van der Waals surface area contributed by atoms with Crippen LogP contribution in [0.25, 0.3) is 0 Å². The van der Waals surface area contributed by atoms with Gasteiger partial charge in [0.1, 0.15) is 4.99 Å². The van der Waals surface area contributed by atoms with Crippen LogP contribution >= 0.6 is 35.4 Å². The van der Waals surface area contributed by atoms with Gasteiger partial charge in [-0.25, -0.2) is 0 Å². The molecule has 138 valence electrons. The van der Waals surface area contributed by atoms with Crippen molar-refractivity contribution in [3.05, 3.63) is 63.6 Å². The number of piperazine rings is 1. The van der Waals surface area contributed by atoms with Crippen molar-refractivity contribution in [1.82, 2.24) is 9.80 Å². The molecule has 0 saturated carbocycles. The van der Waals surface area contributed by atoms with E-state index in [0.29, 0.717) is 22.4 Å². The molecule has 1 fully saturated rings. The van der Waals surface area contributed by atoms with Crippen molar-refractivity contribution in [2.45, 2.75) is 13.5 Å². The molecule has 2 aromatic rings. The highest BCUT2D eigenvalue weighted by Gasteiger charge is 2.21. The van der Waals surface area contributed by atoms with Gasteiger partial charge in [-0.2, -0.15) is 0 Å². The lowest BCUT2D eigenvalue weighted by Gasteiger charge is -2.36. The van der Waals surface area contributed by atoms with Crippen LogP contribution in [0.15, 0.2) is 42.5 Å². The zero-order chi connectivity index (χ0) is 18.5. The zero-order valence-electron chi connectivity index (χ0n) is 14.8. The van der Waals surface area contributed by atoms with E-state index in [2.05, 4.69) is 34.1 Å². The van der Waals surface area contributed by atoms with Crippen LogP contribution in [0.3, 0.4) is 0 Å². The summed E-state index contributed by atoms with van der Waals surface area (Å²) < 4.78 is 5.49. The lowest BCUT2D eigenvalue weighted by atomic mass is 10.1. The number of benzene rings is 2. The van der Waals surface area contributed by atoms with Crippen LogP contribution in [0.5, 0.6) is 5.75 Å². The summed E-state index contributed by atoms with van der Waals surface area (Å²) >= 11 is 18.3. The fraction of sp³-hybridized carbons (Fsp3) is 0.350. The summed E-state index contributed by atoms with van der Waals surface area (Å²) in [6.07, 6.45) is 0. The van der Waals surface area contributed by atoms with Crippen LogP contribution in [-0.4, -0.2) is 47.6 Å². The molecule has 0 radical (unpaired) electrons. The maximum Gasteiger partial charge on any atom is 0.156 e. The monoisotopic (exact) mass is 408 g/mol. The van der Waals surface area contributed by atoms with Crippen molar-refractivity contribution in [3.8, 4) is 5.75 Å². The van der Waals surface area contributed by atoms with Crippen LogP contribution in [-0.2, 0) is 6.54 Å². The molecule has 0 aromatic heterocycles. The van der Waals surface area contributed by atoms with Gasteiger partial charge in [-0.3, -0.25) is 4.90 Å². The summed E-state index contributed by atoms with van der Waals surface area (Å²) in [6, 6.07) is 14.2. The number of ether oxygens (including phenoxy) is 1. The summed E-state index contributed by atoms with van der Waals surface area (Å²) in [5.41, 5.74) is 2.21. The van der Waals surface area contributed by atoms with Crippen LogP contribution in [0.1, 0.15) is 18.1 Å². The summed E-state index contributed by atoms with van der Waals surface area (Å²) in [4.78, 5) is 5.46. The van der Waals surface area contributed by atoms with Gasteiger partial charge in [0.15, 0.2) is 5.75 Å². The Labute approximate surface area is 170 Å². The summed E-state index contributed by atoms with van der Waals surface area (Å²) in [5.74, 6) is 0.523. The van der Waals surface area contributed by atoms with E-state index in [1.165, 1.54) is 5.56 Å². The smallest absolute Gasteiger partial charge is 0.156 e. The second-order valence-corrected chi connectivity index (χ2v) is 7.46. The highest BCUT2D eigenvalue weighted by Crippen LogP contribution is 2.34. The molecule has 0 atom stereocenters. The van der Waals surface area contributed by atoms with E-state index in [-0.39, 0.29) is 0 Å². The normalized spacial score (nSPS) is 15.1. The molecule has 0 unspecified atom stereocenters. The maximum absolute atomic E-state index is 6.31. The Bertz CT molecular complexity index is 739. The minimum absolute atomic E-state index is 0.499. The van der Waals surface area contributed by atoms with Gasteiger partial charge >= 0.3 is 0 Å². The molecule has 0 aliphatic carbocycles. The number of thiocarbonyl (C=S) groups is 1. The third-order valence-corrected chi connectivity index (χ3v) is 5.50. The molecule has 6 heteroatoms. The minimum atomic E-state index is 0.499. The van der Waals surface area contributed by atoms with Gasteiger partial charge in [-0.1, -0.05) is 65.8 Å². The molecular formula is C20H22Cl2N2OS. The van der Waals surface area contributed by atoms with E-state index in [0.717, 1.165) is 43.3 Å². The van der Waals surface area contributed by atoms with Crippen molar-refractivity contribution >= 4 is 40.4 Å². The number of hydrogen-bond acceptors (Lipinski definition) is 3. The quantitative estimate of drug-likeness (QED) is 0.654. The average Bonchev–Trinajstić information content (AvgIpc) is 2.65. The first-order chi connectivity index (χ1) is 12.6. The van der Waals surface area contributed by atoms with Crippen LogP contribution < -0.4 is 4.74 Å². The fourth-order valence-electron chi connectivity index (χ4n) is 3.10. The molecule has 3 nitrogen and oxygen atoms in total. The van der Waals surface area contributed by atoms with E-state index in [4.69, 9.17) is 40.2 Å². The van der Waals surface area contributed by atoms with Crippen molar-refractivity contribution < 1.29 is 4.74 Å². The summed E-state index contributed by atoms with van der Waals surface area (Å²) in [6.45, 7) is 7.15.